The molecule has 0 aliphatic rings. The zero-order valence-electron chi connectivity index (χ0n) is 7.61. The highest BCUT2D eigenvalue weighted by molar-refractivity contribution is 5.72. The minimum Gasteiger partial charge on any atom is -0.369 e. The van der Waals surface area contributed by atoms with Gasteiger partial charge >= 0.3 is 5.69 Å². The number of aromatic amines is 1. The Hall–Kier alpha value is -2.11. The molecule has 6 heteroatoms. The molecule has 0 bridgehead atoms. The number of nitrogen functional groups attached to an aromatic ring is 1. The lowest BCUT2D eigenvalue weighted by Gasteiger charge is -1.96. The summed E-state index contributed by atoms with van der Waals surface area (Å²) in [6.07, 6.45) is 1.54. The van der Waals surface area contributed by atoms with Gasteiger partial charge in [-0.1, -0.05) is 6.58 Å². The second kappa shape index (κ2) is 2.69. The van der Waals surface area contributed by atoms with Crippen molar-refractivity contribution >= 4 is 17.2 Å². The molecule has 6 nitrogen and oxygen atoms in total. The summed E-state index contributed by atoms with van der Waals surface area (Å²) in [5, 5.41) is 3.87. The highest BCUT2D eigenvalue weighted by Gasteiger charge is 2.08. The molecule has 2 aromatic rings. The molecule has 0 saturated carbocycles. The molecule has 0 fully saturated rings. The third kappa shape index (κ3) is 1.08. The van der Waals surface area contributed by atoms with Crippen molar-refractivity contribution in [3.05, 3.63) is 28.8 Å². The van der Waals surface area contributed by atoms with Crippen molar-refractivity contribution in [1.29, 1.82) is 0 Å². The summed E-state index contributed by atoms with van der Waals surface area (Å²) in [6, 6.07) is 0. The fraction of sp³-hybridized carbons (Fsp3) is 0.125. The van der Waals surface area contributed by atoms with Gasteiger partial charge in [-0.25, -0.2) is 4.79 Å². The van der Waals surface area contributed by atoms with Crippen molar-refractivity contribution in [2.45, 2.75) is 6.92 Å². The highest BCUT2D eigenvalue weighted by atomic mass is 16.1. The number of aromatic nitrogens is 4. The Morgan fingerprint density at radius 3 is 3.07 bits per heavy atom. The topological polar surface area (TPSA) is 89.1 Å². The van der Waals surface area contributed by atoms with Crippen LogP contribution >= 0.6 is 0 Å². The first-order valence-corrected chi connectivity index (χ1v) is 3.99. The summed E-state index contributed by atoms with van der Waals surface area (Å²) in [6.45, 7) is 5.58. The van der Waals surface area contributed by atoms with Crippen molar-refractivity contribution in [1.82, 2.24) is 19.6 Å². The summed E-state index contributed by atoms with van der Waals surface area (Å²) < 4.78 is 1.15. The maximum Gasteiger partial charge on any atom is 0.350 e. The minimum absolute atomic E-state index is 0.0745. The van der Waals surface area contributed by atoms with Crippen molar-refractivity contribution in [2.24, 2.45) is 0 Å². The molecule has 14 heavy (non-hydrogen) atoms. The van der Waals surface area contributed by atoms with Crippen LogP contribution in [0.1, 0.15) is 12.5 Å². The number of nitrogens with two attached hydrogens (primary N) is 1. The van der Waals surface area contributed by atoms with Crippen LogP contribution < -0.4 is 11.4 Å². The standard InChI is InChI=1S/C8H9N5O/c1-4(2)5-3-10-13-6(5)11-7(9)12-8(13)14/h3H,1H2,2H3,(H3,9,11,12,14). The van der Waals surface area contributed by atoms with E-state index in [1.165, 1.54) is 0 Å². The van der Waals surface area contributed by atoms with Crippen molar-refractivity contribution < 1.29 is 0 Å². The molecular formula is C8H9N5O. The predicted molar refractivity (Wildman–Crippen MR) is 52.7 cm³/mol. The largest absolute Gasteiger partial charge is 0.369 e. The number of anilines is 1. The zero-order chi connectivity index (χ0) is 10.3. The van der Waals surface area contributed by atoms with E-state index in [4.69, 9.17) is 5.73 Å². The molecule has 72 valence electrons. The average molecular weight is 191 g/mol. The van der Waals surface area contributed by atoms with E-state index < -0.39 is 5.69 Å². The van der Waals surface area contributed by atoms with E-state index in [9.17, 15) is 4.79 Å². The summed E-state index contributed by atoms with van der Waals surface area (Å²) >= 11 is 0. The lowest BCUT2D eigenvalue weighted by molar-refractivity contribution is 0.846. The van der Waals surface area contributed by atoms with Crippen LogP contribution in [0.5, 0.6) is 0 Å². The van der Waals surface area contributed by atoms with Crippen molar-refractivity contribution in [2.75, 3.05) is 5.73 Å². The van der Waals surface area contributed by atoms with Crippen LogP contribution in [-0.2, 0) is 0 Å². The molecule has 2 aromatic heterocycles. The Balaban J connectivity index is 2.92. The van der Waals surface area contributed by atoms with Gasteiger partial charge in [-0.3, -0.25) is 4.98 Å². The van der Waals surface area contributed by atoms with Gasteiger partial charge in [0, 0.05) is 5.56 Å². The van der Waals surface area contributed by atoms with Crippen molar-refractivity contribution in [3.63, 3.8) is 0 Å². The second-order valence-corrected chi connectivity index (χ2v) is 3.00. The van der Waals surface area contributed by atoms with Gasteiger partial charge < -0.3 is 5.73 Å². The van der Waals surface area contributed by atoms with Gasteiger partial charge in [-0.05, 0) is 12.5 Å². The minimum atomic E-state index is -0.403. The van der Waals surface area contributed by atoms with Crippen LogP contribution in [0, 0.1) is 0 Å². The van der Waals surface area contributed by atoms with Crippen LogP contribution in [0.25, 0.3) is 11.2 Å². The molecule has 0 aliphatic heterocycles. The van der Waals surface area contributed by atoms with Gasteiger partial charge in [0.1, 0.15) is 0 Å². The van der Waals surface area contributed by atoms with E-state index in [0.717, 1.165) is 15.7 Å². The normalized spacial score (nSPS) is 10.6. The first-order valence-electron chi connectivity index (χ1n) is 3.99. The number of hydrogen-bond acceptors (Lipinski definition) is 4. The maximum atomic E-state index is 11.3. The molecule has 0 saturated heterocycles. The molecular weight excluding hydrogens is 182 g/mol. The van der Waals surface area contributed by atoms with Gasteiger partial charge in [0.05, 0.1) is 6.20 Å². The summed E-state index contributed by atoms with van der Waals surface area (Å²) in [5.41, 5.74) is 6.96. The van der Waals surface area contributed by atoms with Crippen molar-refractivity contribution in [3.8, 4) is 0 Å². The maximum absolute atomic E-state index is 11.3. The first kappa shape index (κ1) is 8.49. The van der Waals surface area contributed by atoms with E-state index >= 15 is 0 Å². The average Bonchev–Trinajstić information content (AvgIpc) is 2.47. The number of nitrogens with zero attached hydrogens (tertiary/aromatic N) is 3. The Morgan fingerprint density at radius 2 is 2.43 bits per heavy atom. The Labute approximate surface area is 79.1 Å². The summed E-state index contributed by atoms with van der Waals surface area (Å²) in [4.78, 5) is 17.7. The Kier molecular flexibility index (Phi) is 1.63. The van der Waals surface area contributed by atoms with E-state index in [-0.39, 0.29) is 5.95 Å². The molecule has 0 atom stereocenters. The van der Waals surface area contributed by atoms with Crippen LogP contribution in [0.2, 0.25) is 0 Å². The monoisotopic (exact) mass is 191 g/mol. The Morgan fingerprint density at radius 1 is 1.71 bits per heavy atom. The third-order valence-electron chi connectivity index (χ3n) is 1.86. The van der Waals surface area contributed by atoms with Gasteiger partial charge in [0.2, 0.25) is 5.95 Å². The number of hydrogen-bond donors (Lipinski definition) is 2. The molecule has 0 radical (unpaired) electrons. The fourth-order valence-electron chi connectivity index (χ4n) is 1.20. The van der Waals surface area contributed by atoms with E-state index in [1.54, 1.807) is 6.20 Å². The summed E-state index contributed by atoms with van der Waals surface area (Å²) in [5.74, 6) is 0.0745. The molecule has 0 amide bonds. The van der Waals surface area contributed by atoms with Crippen LogP contribution in [0.3, 0.4) is 0 Å². The number of H-pyrrole nitrogens is 1. The molecule has 2 heterocycles. The highest BCUT2D eigenvalue weighted by Crippen LogP contribution is 2.14. The van der Waals surface area contributed by atoms with Gasteiger partial charge in [-0.2, -0.15) is 14.6 Å². The fourth-order valence-corrected chi connectivity index (χ4v) is 1.20. The number of rotatable bonds is 1. The lowest BCUT2D eigenvalue weighted by Crippen LogP contribution is -2.20. The quantitative estimate of drug-likeness (QED) is 0.665. The molecule has 0 aromatic carbocycles. The zero-order valence-corrected chi connectivity index (χ0v) is 7.61. The number of nitrogens with one attached hydrogen (secondary N) is 1. The number of fused-ring (bicyclic) bond motifs is 1. The second-order valence-electron chi connectivity index (χ2n) is 3.00. The van der Waals surface area contributed by atoms with E-state index in [1.807, 2.05) is 6.92 Å². The SMILES string of the molecule is C=C(C)c1cnn2c(=O)[nH]c(N)nc12. The predicted octanol–water partition coefficient (Wildman–Crippen LogP) is 0.0329. The summed E-state index contributed by atoms with van der Waals surface area (Å²) in [7, 11) is 0. The van der Waals surface area contributed by atoms with Crippen LogP contribution in [0.15, 0.2) is 17.6 Å². The van der Waals surface area contributed by atoms with Crippen LogP contribution in [0.4, 0.5) is 5.95 Å². The number of allylic oxidation sites excluding steroid dienone is 1. The molecule has 0 spiro atoms. The molecule has 0 aliphatic carbocycles. The first-order chi connectivity index (χ1) is 6.59. The molecule has 3 N–H and O–H groups in total. The molecule has 0 unspecified atom stereocenters. The van der Waals surface area contributed by atoms with E-state index in [0.29, 0.717) is 5.65 Å². The smallest absolute Gasteiger partial charge is 0.350 e. The van der Waals surface area contributed by atoms with Crippen LogP contribution in [-0.4, -0.2) is 19.6 Å². The third-order valence-corrected chi connectivity index (χ3v) is 1.86. The lowest BCUT2D eigenvalue weighted by atomic mass is 10.2. The Bertz CT molecular complexity index is 565. The van der Waals surface area contributed by atoms with Gasteiger partial charge in [-0.15, -0.1) is 0 Å². The van der Waals surface area contributed by atoms with Gasteiger partial charge in [0.15, 0.2) is 5.65 Å². The van der Waals surface area contributed by atoms with E-state index in [2.05, 4.69) is 21.6 Å². The van der Waals surface area contributed by atoms with Gasteiger partial charge in [0.25, 0.3) is 0 Å². The molecule has 2 rings (SSSR count).